The van der Waals surface area contributed by atoms with Crippen molar-refractivity contribution in [1.82, 2.24) is 20.3 Å². The Hall–Kier alpha value is -3.68. The van der Waals surface area contributed by atoms with Crippen molar-refractivity contribution < 1.29 is 9.53 Å². The molecule has 0 aliphatic heterocycles. The summed E-state index contributed by atoms with van der Waals surface area (Å²) in [6, 6.07) is 13.2. The molecule has 168 valence electrons. The minimum absolute atomic E-state index is 0.0448. The van der Waals surface area contributed by atoms with Gasteiger partial charge < -0.3 is 20.3 Å². The zero-order chi connectivity index (χ0) is 22.9. The van der Waals surface area contributed by atoms with Crippen LogP contribution in [0.1, 0.15) is 27.7 Å². The molecule has 3 aromatic rings. The molecule has 0 bridgehead atoms. The molecule has 0 atom stereocenters. The summed E-state index contributed by atoms with van der Waals surface area (Å²) < 4.78 is 5.68. The fraction of sp³-hybridized carbons (Fsp3) is 0.333. The van der Waals surface area contributed by atoms with Crippen LogP contribution < -0.4 is 20.3 Å². The van der Waals surface area contributed by atoms with Gasteiger partial charge >= 0.3 is 0 Å². The average molecular weight is 435 g/mol. The molecule has 2 heterocycles. The highest BCUT2D eigenvalue weighted by molar-refractivity contribution is 5.77. The molecule has 8 nitrogen and oxygen atoms in total. The first-order valence-electron chi connectivity index (χ1n) is 10.8. The Bertz CT molecular complexity index is 1020. The van der Waals surface area contributed by atoms with E-state index in [4.69, 9.17) is 14.7 Å². The number of hydrogen-bond donors (Lipinski definition) is 2. The third kappa shape index (κ3) is 6.41. The first-order valence-corrected chi connectivity index (χ1v) is 10.8. The van der Waals surface area contributed by atoms with Gasteiger partial charge in [0.1, 0.15) is 17.4 Å². The molecule has 1 amide bonds. The van der Waals surface area contributed by atoms with Gasteiger partial charge in [-0.25, -0.2) is 9.97 Å². The molecule has 8 heteroatoms. The molecule has 1 aromatic carbocycles. The highest BCUT2D eigenvalue weighted by atomic mass is 16.5. The number of aromatic nitrogens is 3. The van der Waals surface area contributed by atoms with Crippen molar-refractivity contribution in [3.8, 4) is 17.1 Å². The van der Waals surface area contributed by atoms with Gasteiger partial charge in [-0.1, -0.05) is 12.1 Å². The lowest BCUT2D eigenvalue weighted by molar-refractivity contribution is -0.123. The van der Waals surface area contributed by atoms with E-state index in [9.17, 15) is 4.79 Å². The first kappa shape index (κ1) is 23.0. The van der Waals surface area contributed by atoms with E-state index in [2.05, 4.69) is 34.4 Å². The predicted octanol–water partition coefficient (Wildman–Crippen LogP) is 4.03. The lowest BCUT2D eigenvalue weighted by atomic mass is 10.2. The molecular formula is C24H30N6O2. The standard InChI is InChI=1S/C24H30N6O2/c1-5-30(6-2)22-15-21(27-19-10-12-25-13-11-19)28-24(29-22)18-8-7-9-20(14-18)32-16-23(31)26-17(3)4/h7-15,17H,5-6,16H2,1-4H3,(H,26,31)(H,25,27,28,29). The van der Waals surface area contributed by atoms with Crippen LogP contribution in [0.5, 0.6) is 5.75 Å². The number of carbonyl (C=O) groups excluding carboxylic acids is 1. The minimum Gasteiger partial charge on any atom is -0.484 e. The topological polar surface area (TPSA) is 92.3 Å². The quantitative estimate of drug-likeness (QED) is 0.498. The number of carbonyl (C=O) groups is 1. The van der Waals surface area contributed by atoms with Gasteiger partial charge in [0.05, 0.1) is 0 Å². The Morgan fingerprint density at radius 1 is 1.06 bits per heavy atom. The molecule has 32 heavy (non-hydrogen) atoms. The number of benzene rings is 1. The SMILES string of the molecule is CCN(CC)c1cc(Nc2ccncc2)nc(-c2cccc(OCC(=O)NC(C)C)c2)n1. The summed E-state index contributed by atoms with van der Waals surface area (Å²) >= 11 is 0. The second-order valence-corrected chi connectivity index (χ2v) is 7.51. The van der Waals surface area contributed by atoms with Gasteiger partial charge in [0.25, 0.3) is 5.91 Å². The number of anilines is 3. The minimum atomic E-state index is -0.158. The molecule has 0 aliphatic carbocycles. The molecule has 0 saturated heterocycles. The molecule has 0 unspecified atom stereocenters. The van der Waals surface area contributed by atoms with Crippen LogP contribution in [0.2, 0.25) is 0 Å². The zero-order valence-corrected chi connectivity index (χ0v) is 19.0. The number of nitrogens with one attached hydrogen (secondary N) is 2. The molecule has 2 N–H and O–H groups in total. The van der Waals surface area contributed by atoms with Crippen LogP contribution in [0.25, 0.3) is 11.4 Å². The fourth-order valence-electron chi connectivity index (χ4n) is 3.16. The maximum absolute atomic E-state index is 11.9. The van der Waals surface area contributed by atoms with Crippen molar-refractivity contribution in [1.29, 1.82) is 0 Å². The maximum atomic E-state index is 11.9. The number of ether oxygens (including phenoxy) is 1. The first-order chi connectivity index (χ1) is 15.5. The Balaban J connectivity index is 1.89. The van der Waals surface area contributed by atoms with Gasteiger partial charge in [-0.2, -0.15) is 0 Å². The van der Waals surface area contributed by atoms with E-state index in [-0.39, 0.29) is 18.6 Å². The molecular weight excluding hydrogens is 404 g/mol. The second-order valence-electron chi connectivity index (χ2n) is 7.51. The van der Waals surface area contributed by atoms with E-state index >= 15 is 0 Å². The lowest BCUT2D eigenvalue weighted by Crippen LogP contribution is -2.34. The van der Waals surface area contributed by atoms with E-state index in [0.29, 0.717) is 17.4 Å². The molecule has 0 fully saturated rings. The van der Waals surface area contributed by atoms with E-state index in [0.717, 1.165) is 30.2 Å². The summed E-state index contributed by atoms with van der Waals surface area (Å²) in [5.41, 5.74) is 1.70. The van der Waals surface area contributed by atoms with Crippen LogP contribution in [0.3, 0.4) is 0 Å². The van der Waals surface area contributed by atoms with Crippen LogP contribution in [0.4, 0.5) is 17.3 Å². The van der Waals surface area contributed by atoms with E-state index < -0.39 is 0 Å². The Labute approximate surface area is 189 Å². The summed E-state index contributed by atoms with van der Waals surface area (Å²) in [6.45, 7) is 9.63. The average Bonchev–Trinajstić information content (AvgIpc) is 2.79. The second kappa shape index (κ2) is 11.1. The van der Waals surface area contributed by atoms with Crippen molar-refractivity contribution in [2.75, 3.05) is 29.9 Å². The van der Waals surface area contributed by atoms with Gasteiger partial charge in [-0.15, -0.1) is 0 Å². The lowest BCUT2D eigenvalue weighted by Gasteiger charge is -2.21. The number of pyridine rings is 1. The number of hydrogen-bond acceptors (Lipinski definition) is 7. The summed E-state index contributed by atoms with van der Waals surface area (Å²) in [7, 11) is 0. The van der Waals surface area contributed by atoms with Crippen LogP contribution in [0, 0.1) is 0 Å². The summed E-state index contributed by atoms with van der Waals surface area (Å²) in [4.78, 5) is 27.6. The third-order valence-electron chi connectivity index (χ3n) is 4.66. The van der Waals surface area contributed by atoms with Crippen molar-refractivity contribution in [3.05, 3.63) is 54.9 Å². The van der Waals surface area contributed by atoms with Crippen LogP contribution in [0.15, 0.2) is 54.9 Å². The number of amides is 1. The number of rotatable bonds is 10. The largest absolute Gasteiger partial charge is 0.484 e. The van der Waals surface area contributed by atoms with Gasteiger partial charge in [0.2, 0.25) is 0 Å². The molecule has 2 aromatic heterocycles. The van der Waals surface area contributed by atoms with Gasteiger partial charge in [-0.05, 0) is 52.0 Å². The summed E-state index contributed by atoms with van der Waals surface area (Å²) in [5, 5.41) is 6.14. The zero-order valence-electron chi connectivity index (χ0n) is 19.0. The van der Waals surface area contributed by atoms with Crippen LogP contribution in [-0.4, -0.2) is 46.6 Å². The van der Waals surface area contributed by atoms with Gasteiger partial charge in [-0.3, -0.25) is 9.78 Å². The van der Waals surface area contributed by atoms with Crippen molar-refractivity contribution in [2.45, 2.75) is 33.7 Å². The molecule has 0 radical (unpaired) electrons. The van der Waals surface area contributed by atoms with E-state index in [1.807, 2.05) is 56.3 Å². The maximum Gasteiger partial charge on any atom is 0.258 e. The van der Waals surface area contributed by atoms with Crippen LogP contribution >= 0.6 is 0 Å². The number of nitrogens with zero attached hydrogens (tertiary/aromatic N) is 4. The Morgan fingerprint density at radius 2 is 1.81 bits per heavy atom. The van der Waals surface area contributed by atoms with E-state index in [1.165, 1.54) is 0 Å². The molecule has 3 rings (SSSR count). The van der Waals surface area contributed by atoms with Crippen molar-refractivity contribution in [2.24, 2.45) is 0 Å². The van der Waals surface area contributed by atoms with Gasteiger partial charge in [0, 0.05) is 48.8 Å². The third-order valence-corrected chi connectivity index (χ3v) is 4.66. The van der Waals surface area contributed by atoms with Crippen LogP contribution in [-0.2, 0) is 4.79 Å². The predicted molar refractivity (Wildman–Crippen MR) is 127 cm³/mol. The molecule has 0 aliphatic rings. The highest BCUT2D eigenvalue weighted by Gasteiger charge is 2.12. The Kier molecular flexibility index (Phi) is 7.96. The molecule has 0 saturated carbocycles. The highest BCUT2D eigenvalue weighted by Crippen LogP contribution is 2.26. The smallest absolute Gasteiger partial charge is 0.258 e. The normalized spacial score (nSPS) is 10.7. The van der Waals surface area contributed by atoms with Gasteiger partial charge in [0.15, 0.2) is 12.4 Å². The summed E-state index contributed by atoms with van der Waals surface area (Å²) in [6.07, 6.45) is 3.46. The Morgan fingerprint density at radius 3 is 2.50 bits per heavy atom. The van der Waals surface area contributed by atoms with E-state index in [1.54, 1.807) is 12.4 Å². The fourth-order valence-corrected chi connectivity index (χ4v) is 3.16. The molecule has 0 spiro atoms. The van der Waals surface area contributed by atoms with Crippen molar-refractivity contribution in [3.63, 3.8) is 0 Å². The monoisotopic (exact) mass is 434 g/mol. The summed E-state index contributed by atoms with van der Waals surface area (Å²) in [5.74, 6) is 2.52. The van der Waals surface area contributed by atoms with Crippen molar-refractivity contribution >= 4 is 23.2 Å².